The van der Waals surface area contributed by atoms with Crippen LogP contribution in [0.3, 0.4) is 0 Å². The van der Waals surface area contributed by atoms with Crippen molar-refractivity contribution >= 4 is 17.5 Å². The van der Waals surface area contributed by atoms with E-state index in [0.29, 0.717) is 11.8 Å². The van der Waals surface area contributed by atoms with Gasteiger partial charge in [-0.15, -0.1) is 11.6 Å². The molecule has 0 aliphatic rings. The van der Waals surface area contributed by atoms with Crippen LogP contribution in [-0.4, -0.2) is 17.8 Å². The summed E-state index contributed by atoms with van der Waals surface area (Å²) in [5.74, 6) is 0.964. The second-order valence-corrected chi connectivity index (χ2v) is 5.12. The van der Waals surface area contributed by atoms with Gasteiger partial charge < -0.3 is 5.32 Å². The molecular formula is C12H24ClNO. The number of carbonyl (C=O) groups excluding carboxylic acids is 1. The average molecular weight is 234 g/mol. The highest BCUT2D eigenvalue weighted by Gasteiger charge is 2.28. The van der Waals surface area contributed by atoms with Gasteiger partial charge in [-0.25, -0.2) is 0 Å². The molecule has 0 rings (SSSR count). The van der Waals surface area contributed by atoms with E-state index in [2.05, 4.69) is 26.1 Å². The van der Waals surface area contributed by atoms with Crippen LogP contribution in [-0.2, 0) is 4.79 Å². The van der Waals surface area contributed by atoms with E-state index in [1.54, 1.807) is 0 Å². The van der Waals surface area contributed by atoms with Gasteiger partial charge in [0.25, 0.3) is 0 Å². The molecule has 0 saturated carbocycles. The van der Waals surface area contributed by atoms with Crippen molar-refractivity contribution in [1.29, 1.82) is 0 Å². The van der Waals surface area contributed by atoms with Crippen molar-refractivity contribution in [3.8, 4) is 0 Å². The lowest BCUT2D eigenvalue weighted by molar-refractivity contribution is -0.129. The van der Waals surface area contributed by atoms with Gasteiger partial charge in [-0.1, -0.05) is 26.7 Å². The number of hydrogen-bond acceptors (Lipinski definition) is 1. The lowest BCUT2D eigenvalue weighted by Crippen LogP contribution is -2.45. The van der Waals surface area contributed by atoms with Crippen molar-refractivity contribution in [3.63, 3.8) is 0 Å². The van der Waals surface area contributed by atoms with E-state index in [9.17, 15) is 4.79 Å². The van der Waals surface area contributed by atoms with Crippen LogP contribution in [0, 0.1) is 11.3 Å². The summed E-state index contributed by atoms with van der Waals surface area (Å²) in [6.07, 6.45) is 2.19. The van der Waals surface area contributed by atoms with E-state index in [-0.39, 0.29) is 11.9 Å². The summed E-state index contributed by atoms with van der Waals surface area (Å²) in [6, 6.07) is 0.231. The van der Waals surface area contributed by atoms with Gasteiger partial charge in [-0.3, -0.25) is 4.79 Å². The third-order valence-electron chi connectivity index (χ3n) is 3.06. The van der Waals surface area contributed by atoms with E-state index >= 15 is 0 Å². The van der Waals surface area contributed by atoms with Gasteiger partial charge in [0.05, 0.1) is 5.41 Å². The molecule has 90 valence electrons. The minimum Gasteiger partial charge on any atom is -0.353 e. The smallest absolute Gasteiger partial charge is 0.227 e. The number of alkyl halides is 1. The molecule has 1 N–H and O–H groups in total. The second-order valence-electron chi connectivity index (χ2n) is 4.86. The number of halogens is 1. The lowest BCUT2D eigenvalue weighted by atomic mass is 9.91. The molecule has 15 heavy (non-hydrogen) atoms. The Morgan fingerprint density at radius 2 is 1.80 bits per heavy atom. The predicted octanol–water partition coefficient (Wildman–Crippen LogP) is 3.19. The first kappa shape index (κ1) is 14.8. The normalized spacial score (nSPS) is 14.1. The molecule has 0 saturated heterocycles. The maximum atomic E-state index is 11.8. The van der Waals surface area contributed by atoms with Crippen LogP contribution in [0.15, 0.2) is 0 Å². The zero-order valence-electron chi connectivity index (χ0n) is 10.6. The third kappa shape index (κ3) is 4.42. The lowest BCUT2D eigenvalue weighted by Gasteiger charge is -2.27. The van der Waals surface area contributed by atoms with Crippen LogP contribution in [0.2, 0.25) is 0 Å². The zero-order valence-corrected chi connectivity index (χ0v) is 11.3. The molecule has 0 aromatic rings. The quantitative estimate of drug-likeness (QED) is 0.702. The van der Waals surface area contributed by atoms with Crippen molar-refractivity contribution in [3.05, 3.63) is 0 Å². The fraction of sp³-hybridized carbons (Fsp3) is 0.917. The van der Waals surface area contributed by atoms with Gasteiger partial charge >= 0.3 is 0 Å². The number of amides is 1. The topological polar surface area (TPSA) is 29.1 Å². The molecule has 0 spiro atoms. The Kier molecular flexibility index (Phi) is 6.26. The molecule has 0 aliphatic heterocycles. The van der Waals surface area contributed by atoms with Gasteiger partial charge in [-0.2, -0.15) is 0 Å². The number of carbonyl (C=O) groups is 1. The van der Waals surface area contributed by atoms with Crippen LogP contribution < -0.4 is 5.32 Å². The Hall–Kier alpha value is -0.240. The van der Waals surface area contributed by atoms with Crippen molar-refractivity contribution in [1.82, 2.24) is 5.32 Å². The third-order valence-corrected chi connectivity index (χ3v) is 3.73. The maximum Gasteiger partial charge on any atom is 0.227 e. The molecule has 0 aromatic heterocycles. The first-order chi connectivity index (χ1) is 6.88. The molecule has 0 radical (unpaired) electrons. The molecule has 0 fully saturated rings. The van der Waals surface area contributed by atoms with Crippen LogP contribution in [0.25, 0.3) is 0 Å². The minimum absolute atomic E-state index is 0.0527. The van der Waals surface area contributed by atoms with Crippen molar-refractivity contribution in [2.45, 2.75) is 53.5 Å². The van der Waals surface area contributed by atoms with Gasteiger partial charge in [0.15, 0.2) is 0 Å². The predicted molar refractivity (Wildman–Crippen MR) is 66.2 cm³/mol. The Morgan fingerprint density at radius 1 is 1.33 bits per heavy atom. The molecular weight excluding hydrogens is 210 g/mol. The van der Waals surface area contributed by atoms with E-state index in [1.165, 1.54) is 0 Å². The Bertz CT molecular complexity index is 200. The summed E-state index contributed by atoms with van der Waals surface area (Å²) in [4.78, 5) is 11.8. The Balaban J connectivity index is 4.29. The molecule has 1 atom stereocenters. The summed E-state index contributed by atoms with van der Waals surface area (Å²) < 4.78 is 0. The molecule has 3 heteroatoms. The fourth-order valence-corrected chi connectivity index (χ4v) is 1.70. The minimum atomic E-state index is -0.470. The first-order valence-electron chi connectivity index (χ1n) is 5.76. The Morgan fingerprint density at radius 3 is 2.13 bits per heavy atom. The zero-order chi connectivity index (χ0) is 12.1. The van der Waals surface area contributed by atoms with Crippen molar-refractivity contribution < 1.29 is 4.79 Å². The average Bonchev–Trinajstić information content (AvgIpc) is 2.19. The van der Waals surface area contributed by atoms with Gasteiger partial charge in [0.1, 0.15) is 0 Å². The van der Waals surface area contributed by atoms with E-state index in [4.69, 9.17) is 11.6 Å². The highest BCUT2D eigenvalue weighted by atomic mass is 35.5. The molecule has 1 unspecified atom stereocenters. The van der Waals surface area contributed by atoms with Crippen LogP contribution >= 0.6 is 11.6 Å². The molecule has 1 amide bonds. The van der Waals surface area contributed by atoms with E-state index in [1.807, 2.05) is 13.8 Å². The SMILES string of the molecule is CCC(CC)C(C)NC(=O)C(C)(C)CCl. The van der Waals surface area contributed by atoms with Crippen LogP contribution in [0.4, 0.5) is 0 Å². The van der Waals surface area contributed by atoms with Crippen molar-refractivity contribution in [2.75, 3.05) is 5.88 Å². The number of nitrogens with one attached hydrogen (secondary N) is 1. The monoisotopic (exact) mass is 233 g/mol. The van der Waals surface area contributed by atoms with Crippen LogP contribution in [0.1, 0.15) is 47.5 Å². The molecule has 0 aliphatic carbocycles. The standard InChI is InChI=1S/C12H24ClNO/c1-6-10(7-2)9(3)14-11(15)12(4,5)8-13/h9-10H,6-8H2,1-5H3,(H,14,15). The summed E-state index contributed by atoms with van der Waals surface area (Å²) in [5.41, 5.74) is -0.470. The number of hydrogen-bond donors (Lipinski definition) is 1. The highest BCUT2D eigenvalue weighted by molar-refractivity contribution is 6.19. The Labute approximate surface area is 98.8 Å². The van der Waals surface area contributed by atoms with Gasteiger partial charge in [0, 0.05) is 11.9 Å². The maximum absolute atomic E-state index is 11.8. The summed E-state index contributed by atoms with van der Waals surface area (Å²) >= 11 is 5.76. The summed E-state index contributed by atoms with van der Waals surface area (Å²) in [5, 5.41) is 3.05. The van der Waals surface area contributed by atoms with Gasteiger partial charge in [-0.05, 0) is 26.7 Å². The molecule has 0 aromatic carbocycles. The van der Waals surface area contributed by atoms with Crippen LogP contribution in [0.5, 0.6) is 0 Å². The first-order valence-corrected chi connectivity index (χ1v) is 6.29. The largest absolute Gasteiger partial charge is 0.353 e. The highest BCUT2D eigenvalue weighted by Crippen LogP contribution is 2.19. The van der Waals surface area contributed by atoms with E-state index in [0.717, 1.165) is 12.8 Å². The summed E-state index contributed by atoms with van der Waals surface area (Å²) in [6.45, 7) is 10.1. The van der Waals surface area contributed by atoms with Crippen molar-refractivity contribution in [2.24, 2.45) is 11.3 Å². The molecule has 0 heterocycles. The molecule has 2 nitrogen and oxygen atoms in total. The summed E-state index contributed by atoms with van der Waals surface area (Å²) in [7, 11) is 0. The second kappa shape index (κ2) is 6.37. The van der Waals surface area contributed by atoms with Gasteiger partial charge in [0.2, 0.25) is 5.91 Å². The molecule has 0 bridgehead atoms. The number of rotatable bonds is 6. The van der Waals surface area contributed by atoms with E-state index < -0.39 is 5.41 Å². The fourth-order valence-electron chi connectivity index (χ4n) is 1.58.